The first-order valence-corrected chi connectivity index (χ1v) is 10.6. The predicted octanol–water partition coefficient (Wildman–Crippen LogP) is 4.49. The molecule has 0 bridgehead atoms. The summed E-state index contributed by atoms with van der Waals surface area (Å²) in [6.07, 6.45) is 1.09. The van der Waals surface area contributed by atoms with Gasteiger partial charge < -0.3 is 21.1 Å². The number of aromatic nitrogens is 3. The van der Waals surface area contributed by atoms with Gasteiger partial charge in [-0.05, 0) is 41.4 Å². The summed E-state index contributed by atoms with van der Waals surface area (Å²) >= 11 is 9.75. The number of nitrogens with zero attached hydrogens (tertiary/aromatic N) is 4. The SMILES string of the molecule is COc1cc(-n2nc3c(Br)cc(N)c(Cl)c3n2)c(NC(C)=O)cc1NC(C)CCC#N. The minimum absolute atomic E-state index is 0.0210. The fourth-order valence-electron chi connectivity index (χ4n) is 3.05. The molecule has 0 aliphatic rings. The third-order valence-corrected chi connectivity index (χ3v) is 5.52. The molecule has 0 saturated carbocycles. The second-order valence-electron chi connectivity index (χ2n) is 6.94. The Kier molecular flexibility index (Phi) is 6.87. The average molecular weight is 507 g/mol. The molecule has 1 atom stereocenters. The van der Waals surface area contributed by atoms with Gasteiger partial charge in [-0.25, -0.2) is 0 Å². The third kappa shape index (κ3) is 4.84. The van der Waals surface area contributed by atoms with Crippen molar-refractivity contribution >= 4 is 61.5 Å². The maximum absolute atomic E-state index is 11.9. The average Bonchev–Trinajstić information content (AvgIpc) is 3.16. The van der Waals surface area contributed by atoms with Gasteiger partial charge in [0.05, 0.1) is 35.3 Å². The normalized spacial score (nSPS) is 11.7. The second-order valence-corrected chi connectivity index (χ2v) is 8.17. The quantitative estimate of drug-likeness (QED) is 0.402. The van der Waals surface area contributed by atoms with Crippen molar-refractivity contribution in [3.8, 4) is 17.5 Å². The minimum atomic E-state index is -0.255. The van der Waals surface area contributed by atoms with E-state index in [-0.39, 0.29) is 11.9 Å². The molecule has 0 aliphatic heterocycles. The number of nitrogens with one attached hydrogen (secondary N) is 2. The monoisotopic (exact) mass is 505 g/mol. The van der Waals surface area contributed by atoms with Crippen LogP contribution in [0.4, 0.5) is 17.1 Å². The number of carbonyl (C=O) groups is 1. The third-order valence-electron chi connectivity index (χ3n) is 4.52. The standard InChI is InChI=1S/C20H21BrClN7O2/c1-10(5-4-6-23)25-15-8-14(26-11(2)30)16(9-17(15)31-3)29-27-19-12(21)7-13(24)18(22)20(19)28-29/h7-10,25H,4-5,24H2,1-3H3,(H,26,30). The zero-order valence-corrected chi connectivity index (χ0v) is 19.5. The number of nitriles is 1. The first-order valence-electron chi connectivity index (χ1n) is 9.39. The van der Waals surface area contributed by atoms with Crippen molar-refractivity contribution in [2.45, 2.75) is 32.7 Å². The Morgan fingerprint density at radius 1 is 1.35 bits per heavy atom. The molecule has 1 unspecified atom stereocenters. The molecule has 3 aromatic rings. The predicted molar refractivity (Wildman–Crippen MR) is 125 cm³/mol. The Morgan fingerprint density at radius 3 is 2.71 bits per heavy atom. The summed E-state index contributed by atoms with van der Waals surface area (Å²) in [7, 11) is 1.55. The van der Waals surface area contributed by atoms with Crippen LogP contribution in [0.2, 0.25) is 5.02 Å². The van der Waals surface area contributed by atoms with E-state index in [4.69, 9.17) is 27.3 Å². The summed E-state index contributed by atoms with van der Waals surface area (Å²) in [6, 6.07) is 7.28. The van der Waals surface area contributed by atoms with Gasteiger partial charge in [-0.15, -0.1) is 15.0 Å². The number of methoxy groups -OCH3 is 1. The van der Waals surface area contributed by atoms with Crippen LogP contribution in [0.5, 0.6) is 5.75 Å². The molecule has 0 spiro atoms. The number of ether oxygens (including phenoxy) is 1. The second kappa shape index (κ2) is 9.41. The molecule has 0 aliphatic carbocycles. The highest BCUT2D eigenvalue weighted by molar-refractivity contribution is 9.10. The molecule has 0 saturated heterocycles. The van der Waals surface area contributed by atoms with E-state index in [1.807, 2.05) is 6.92 Å². The van der Waals surface area contributed by atoms with Crippen molar-refractivity contribution in [1.82, 2.24) is 15.0 Å². The molecule has 2 aromatic carbocycles. The Bertz CT molecular complexity index is 1190. The van der Waals surface area contributed by atoms with Crippen LogP contribution < -0.4 is 21.1 Å². The Labute approximate surface area is 192 Å². The number of halogens is 2. The number of nitrogens with two attached hydrogens (primary N) is 1. The molecule has 0 fully saturated rings. The number of anilines is 3. The van der Waals surface area contributed by atoms with Gasteiger partial charge in [-0.3, -0.25) is 4.79 Å². The highest BCUT2D eigenvalue weighted by atomic mass is 79.9. The van der Waals surface area contributed by atoms with Crippen molar-refractivity contribution < 1.29 is 9.53 Å². The summed E-state index contributed by atoms with van der Waals surface area (Å²) in [5.41, 5.74) is 8.89. The van der Waals surface area contributed by atoms with Gasteiger partial charge in [0, 0.05) is 29.9 Å². The van der Waals surface area contributed by atoms with Crippen molar-refractivity contribution in [3.05, 3.63) is 27.7 Å². The van der Waals surface area contributed by atoms with Crippen molar-refractivity contribution in [2.75, 3.05) is 23.5 Å². The summed E-state index contributed by atoms with van der Waals surface area (Å²) in [5, 5.41) is 24.2. The molecule has 11 heteroatoms. The van der Waals surface area contributed by atoms with Gasteiger partial charge in [0.25, 0.3) is 0 Å². The van der Waals surface area contributed by atoms with Crippen molar-refractivity contribution in [1.29, 1.82) is 5.26 Å². The number of carbonyl (C=O) groups excluding carboxylic acids is 1. The first kappa shape index (κ1) is 22.7. The zero-order chi connectivity index (χ0) is 22.7. The molecular formula is C20H21BrClN7O2. The number of nitrogen functional groups attached to an aromatic ring is 1. The lowest BCUT2D eigenvalue weighted by molar-refractivity contribution is -0.114. The van der Waals surface area contributed by atoms with Gasteiger partial charge in [-0.1, -0.05) is 11.6 Å². The van der Waals surface area contributed by atoms with Crippen LogP contribution in [0.15, 0.2) is 22.7 Å². The maximum atomic E-state index is 11.9. The first-order chi connectivity index (χ1) is 14.7. The Balaban J connectivity index is 2.14. The lowest BCUT2D eigenvalue weighted by Crippen LogP contribution is -2.17. The van der Waals surface area contributed by atoms with E-state index < -0.39 is 0 Å². The molecule has 3 rings (SSSR count). The van der Waals surface area contributed by atoms with E-state index in [1.165, 1.54) is 11.7 Å². The summed E-state index contributed by atoms with van der Waals surface area (Å²) in [5.74, 6) is 0.272. The maximum Gasteiger partial charge on any atom is 0.221 e. The van der Waals surface area contributed by atoms with Crippen LogP contribution >= 0.6 is 27.5 Å². The van der Waals surface area contributed by atoms with Gasteiger partial charge in [0.1, 0.15) is 22.5 Å². The Hall–Kier alpha value is -3.03. The number of rotatable bonds is 7. The molecular weight excluding hydrogens is 486 g/mol. The van der Waals surface area contributed by atoms with Gasteiger partial charge >= 0.3 is 0 Å². The van der Waals surface area contributed by atoms with Crippen LogP contribution in [0.1, 0.15) is 26.7 Å². The molecule has 31 heavy (non-hydrogen) atoms. The number of hydrogen-bond acceptors (Lipinski definition) is 7. The Morgan fingerprint density at radius 2 is 2.06 bits per heavy atom. The van der Waals surface area contributed by atoms with Crippen LogP contribution in [0.3, 0.4) is 0 Å². The van der Waals surface area contributed by atoms with E-state index in [0.717, 1.165) is 0 Å². The lowest BCUT2D eigenvalue weighted by Gasteiger charge is -2.19. The van der Waals surface area contributed by atoms with E-state index >= 15 is 0 Å². The van der Waals surface area contributed by atoms with E-state index in [0.29, 0.717) is 61.9 Å². The molecule has 1 amide bonds. The van der Waals surface area contributed by atoms with Gasteiger partial charge in [-0.2, -0.15) is 5.26 Å². The molecule has 1 heterocycles. The van der Waals surface area contributed by atoms with Crippen LogP contribution in [0.25, 0.3) is 16.7 Å². The highest BCUT2D eigenvalue weighted by Crippen LogP contribution is 2.37. The molecule has 9 nitrogen and oxygen atoms in total. The number of fused-ring (bicyclic) bond motifs is 1. The summed E-state index contributed by atoms with van der Waals surface area (Å²) in [6.45, 7) is 3.38. The highest BCUT2D eigenvalue weighted by Gasteiger charge is 2.19. The van der Waals surface area contributed by atoms with Gasteiger partial charge in [0.15, 0.2) is 0 Å². The van der Waals surface area contributed by atoms with E-state index in [1.54, 1.807) is 25.3 Å². The van der Waals surface area contributed by atoms with Crippen LogP contribution in [-0.4, -0.2) is 34.1 Å². The van der Waals surface area contributed by atoms with Gasteiger partial charge in [0.2, 0.25) is 5.91 Å². The molecule has 4 N–H and O–H groups in total. The lowest BCUT2D eigenvalue weighted by atomic mass is 10.1. The molecule has 162 valence electrons. The zero-order valence-electron chi connectivity index (χ0n) is 17.2. The van der Waals surface area contributed by atoms with E-state index in [2.05, 4.69) is 42.8 Å². The van der Waals surface area contributed by atoms with Crippen molar-refractivity contribution in [3.63, 3.8) is 0 Å². The smallest absolute Gasteiger partial charge is 0.221 e. The number of hydrogen-bond donors (Lipinski definition) is 3. The minimum Gasteiger partial charge on any atom is -0.495 e. The number of benzene rings is 2. The molecule has 1 aromatic heterocycles. The molecule has 0 radical (unpaired) electrons. The fraction of sp³-hybridized carbons (Fsp3) is 0.300. The van der Waals surface area contributed by atoms with Crippen LogP contribution in [-0.2, 0) is 4.79 Å². The van der Waals surface area contributed by atoms with Crippen LogP contribution in [0, 0.1) is 11.3 Å². The largest absolute Gasteiger partial charge is 0.495 e. The van der Waals surface area contributed by atoms with Crippen molar-refractivity contribution in [2.24, 2.45) is 0 Å². The summed E-state index contributed by atoms with van der Waals surface area (Å²) < 4.78 is 6.20. The van der Waals surface area contributed by atoms with E-state index in [9.17, 15) is 4.79 Å². The fourth-order valence-corrected chi connectivity index (χ4v) is 3.75. The topological polar surface area (TPSA) is 131 Å². The number of amides is 1. The summed E-state index contributed by atoms with van der Waals surface area (Å²) in [4.78, 5) is 13.2.